The predicted molar refractivity (Wildman–Crippen MR) is 40.8 cm³/mol. The van der Waals surface area contributed by atoms with Crippen molar-refractivity contribution in [1.29, 1.82) is 0 Å². The van der Waals surface area contributed by atoms with Crippen LogP contribution in [0.5, 0.6) is 5.75 Å². The van der Waals surface area contributed by atoms with Gasteiger partial charge in [0.1, 0.15) is 0 Å². The molecular weight excluding hydrogens is 216 g/mol. The van der Waals surface area contributed by atoms with Crippen molar-refractivity contribution in [3.05, 3.63) is 36.4 Å². The van der Waals surface area contributed by atoms with Crippen molar-refractivity contribution in [3.8, 4) is 5.75 Å². The third-order valence-corrected chi connectivity index (χ3v) is 1.49. The molecule has 0 spiro atoms. The predicted octanol–water partition coefficient (Wildman–Crippen LogP) is -1.59. The number of rotatable bonds is 0. The molecular formula is C8H7BrMgO. The van der Waals surface area contributed by atoms with Crippen LogP contribution in [0.1, 0.15) is 5.56 Å². The Morgan fingerprint density at radius 2 is 2.00 bits per heavy atom. The zero-order chi connectivity index (χ0) is 6.10. The number of para-hydroxylation sites is 1. The molecule has 1 heterocycles. The van der Waals surface area contributed by atoms with Crippen molar-refractivity contribution in [2.24, 2.45) is 0 Å². The van der Waals surface area contributed by atoms with E-state index in [1.165, 1.54) is 5.56 Å². The number of halogens is 1. The van der Waals surface area contributed by atoms with Gasteiger partial charge in [-0.2, -0.15) is 6.61 Å². The molecule has 0 unspecified atom stereocenters. The summed E-state index contributed by atoms with van der Waals surface area (Å²) in [5.74, 6) is 1.01. The Balaban J connectivity index is 0.000000500. The van der Waals surface area contributed by atoms with Crippen LogP contribution in [0.15, 0.2) is 24.3 Å². The SMILES string of the molecule is [Br-].[Mg+2].c1ccc2c(c1)C[CH-]O2. The van der Waals surface area contributed by atoms with Crippen molar-refractivity contribution < 1.29 is 21.7 Å². The van der Waals surface area contributed by atoms with Crippen LogP contribution in [-0.4, -0.2) is 23.1 Å². The minimum absolute atomic E-state index is 0. The van der Waals surface area contributed by atoms with Gasteiger partial charge < -0.3 is 21.7 Å². The third-order valence-electron chi connectivity index (χ3n) is 1.49. The summed E-state index contributed by atoms with van der Waals surface area (Å²) in [6.07, 6.45) is 0.955. The second kappa shape index (κ2) is 5.01. The molecule has 1 nitrogen and oxygen atoms in total. The van der Waals surface area contributed by atoms with E-state index in [9.17, 15) is 0 Å². The maximum Gasteiger partial charge on any atom is 2.00 e. The molecule has 0 atom stereocenters. The Hall–Kier alpha value is 0.266. The first-order valence-electron chi connectivity index (χ1n) is 3.03. The fourth-order valence-electron chi connectivity index (χ4n) is 1.01. The monoisotopic (exact) mass is 222 g/mol. The topological polar surface area (TPSA) is 9.23 Å². The van der Waals surface area contributed by atoms with Crippen molar-refractivity contribution in [1.82, 2.24) is 0 Å². The van der Waals surface area contributed by atoms with Gasteiger partial charge in [-0.3, -0.25) is 0 Å². The molecule has 0 aliphatic carbocycles. The second-order valence-corrected chi connectivity index (χ2v) is 2.10. The summed E-state index contributed by atoms with van der Waals surface area (Å²) in [6.45, 7) is 1.82. The molecule has 0 radical (unpaired) electrons. The van der Waals surface area contributed by atoms with E-state index in [1.807, 2.05) is 24.8 Å². The molecule has 0 bridgehead atoms. The molecule has 54 valence electrons. The molecule has 1 aromatic rings. The van der Waals surface area contributed by atoms with Crippen LogP contribution in [0.4, 0.5) is 0 Å². The van der Waals surface area contributed by atoms with Crippen LogP contribution in [0.3, 0.4) is 0 Å². The smallest absolute Gasteiger partial charge is 1.00 e. The molecule has 1 aliphatic heterocycles. The zero-order valence-electron chi connectivity index (χ0n) is 6.09. The van der Waals surface area contributed by atoms with Gasteiger partial charge in [0, 0.05) is 0 Å². The van der Waals surface area contributed by atoms with E-state index in [-0.39, 0.29) is 40.0 Å². The van der Waals surface area contributed by atoms with Crippen LogP contribution >= 0.6 is 0 Å². The largest absolute Gasteiger partial charge is 2.00 e. The van der Waals surface area contributed by atoms with Crippen LogP contribution < -0.4 is 21.7 Å². The molecule has 0 fully saturated rings. The summed E-state index contributed by atoms with van der Waals surface area (Å²) in [5, 5.41) is 0. The molecule has 0 saturated carbocycles. The fraction of sp³-hybridized carbons (Fsp3) is 0.125. The van der Waals surface area contributed by atoms with E-state index >= 15 is 0 Å². The Morgan fingerprint density at radius 1 is 1.27 bits per heavy atom. The van der Waals surface area contributed by atoms with E-state index in [0.717, 1.165) is 12.2 Å². The van der Waals surface area contributed by atoms with Crippen molar-refractivity contribution in [3.63, 3.8) is 0 Å². The Bertz CT molecular complexity index is 204. The van der Waals surface area contributed by atoms with Gasteiger partial charge in [0.2, 0.25) is 0 Å². The minimum atomic E-state index is 0. The Labute approximate surface area is 93.1 Å². The maximum absolute atomic E-state index is 5.17. The summed E-state index contributed by atoms with van der Waals surface area (Å²) in [4.78, 5) is 0. The van der Waals surface area contributed by atoms with Gasteiger partial charge in [0.15, 0.2) is 0 Å². The standard InChI is InChI=1S/C8H7O.BrH.Mg/c1-2-4-8-7(3-1)5-6-9-8;;/h1-4,6H,5H2;1H;/q-1;;+2/p-1. The molecule has 1 aromatic carbocycles. The Morgan fingerprint density at radius 3 is 2.73 bits per heavy atom. The maximum atomic E-state index is 5.17. The molecule has 2 rings (SSSR count). The average Bonchev–Trinajstić information content (AvgIpc) is 2.33. The molecule has 3 heteroatoms. The van der Waals surface area contributed by atoms with Gasteiger partial charge in [0.05, 0.1) is 5.75 Å². The van der Waals surface area contributed by atoms with Gasteiger partial charge in [-0.05, 0) is 11.6 Å². The van der Waals surface area contributed by atoms with Crippen molar-refractivity contribution in [2.75, 3.05) is 0 Å². The first-order chi connectivity index (χ1) is 4.47. The van der Waals surface area contributed by atoms with Crippen molar-refractivity contribution in [2.45, 2.75) is 6.42 Å². The van der Waals surface area contributed by atoms with Gasteiger partial charge in [0.25, 0.3) is 0 Å². The second-order valence-electron chi connectivity index (χ2n) is 2.10. The zero-order valence-corrected chi connectivity index (χ0v) is 9.09. The number of hydrogen-bond acceptors (Lipinski definition) is 1. The molecule has 0 saturated heterocycles. The average molecular weight is 223 g/mol. The summed E-state index contributed by atoms with van der Waals surface area (Å²) < 4.78 is 5.17. The first kappa shape index (κ1) is 11.3. The van der Waals surface area contributed by atoms with Crippen molar-refractivity contribution >= 4 is 23.1 Å². The van der Waals surface area contributed by atoms with Crippen LogP contribution in [0.25, 0.3) is 0 Å². The quantitative estimate of drug-likeness (QED) is 0.380. The molecule has 0 N–H and O–H groups in total. The van der Waals surface area contributed by atoms with E-state index < -0.39 is 0 Å². The minimum Gasteiger partial charge on any atom is -1.00 e. The number of benzene rings is 1. The fourth-order valence-corrected chi connectivity index (χ4v) is 1.01. The molecule has 0 aromatic heterocycles. The first-order valence-corrected chi connectivity index (χ1v) is 3.03. The normalized spacial score (nSPS) is 12.0. The van der Waals surface area contributed by atoms with E-state index in [0.29, 0.717) is 0 Å². The summed E-state index contributed by atoms with van der Waals surface area (Å²) in [5.41, 5.74) is 1.29. The van der Waals surface area contributed by atoms with Crippen LogP contribution in [0, 0.1) is 6.61 Å². The summed E-state index contributed by atoms with van der Waals surface area (Å²) in [6, 6.07) is 8.08. The van der Waals surface area contributed by atoms with Gasteiger partial charge in [-0.15, -0.1) is 6.42 Å². The number of ether oxygens (including phenoxy) is 1. The number of hydrogen-bond donors (Lipinski definition) is 0. The van der Waals surface area contributed by atoms with E-state index in [2.05, 4.69) is 6.07 Å². The third kappa shape index (κ3) is 2.35. The molecule has 0 amide bonds. The van der Waals surface area contributed by atoms with Crippen LogP contribution in [0.2, 0.25) is 0 Å². The molecule has 1 aliphatic rings. The van der Waals surface area contributed by atoms with Gasteiger partial charge >= 0.3 is 23.1 Å². The van der Waals surface area contributed by atoms with E-state index in [4.69, 9.17) is 4.74 Å². The van der Waals surface area contributed by atoms with E-state index in [1.54, 1.807) is 0 Å². The van der Waals surface area contributed by atoms with Gasteiger partial charge in [-0.25, -0.2) is 0 Å². The summed E-state index contributed by atoms with van der Waals surface area (Å²) in [7, 11) is 0. The number of fused-ring (bicyclic) bond motifs is 1. The van der Waals surface area contributed by atoms with Crippen LogP contribution in [-0.2, 0) is 6.42 Å². The molecule has 11 heavy (non-hydrogen) atoms. The van der Waals surface area contributed by atoms with Gasteiger partial charge in [-0.1, -0.05) is 18.2 Å². The summed E-state index contributed by atoms with van der Waals surface area (Å²) >= 11 is 0. The Kier molecular flexibility index (Phi) is 5.13.